The number of imidazole rings is 1. The fourth-order valence-electron chi connectivity index (χ4n) is 2.94. The summed E-state index contributed by atoms with van der Waals surface area (Å²) in [7, 11) is 3.18. The fraction of sp³-hybridized carbons (Fsp3) is 0.700. The molecule has 0 aromatic carbocycles. The van der Waals surface area contributed by atoms with Crippen LogP contribution in [0.2, 0.25) is 0 Å². The Labute approximate surface area is 161 Å². The molecular formula is C20H34N2O5. The molecule has 3 N–H and O–H groups in total. The summed E-state index contributed by atoms with van der Waals surface area (Å²) in [6.45, 7) is 3.98. The van der Waals surface area contributed by atoms with Crippen molar-refractivity contribution in [3.63, 3.8) is 0 Å². The maximum Gasteiger partial charge on any atom is 0.305 e. The maximum absolute atomic E-state index is 11.1. The van der Waals surface area contributed by atoms with Crippen LogP contribution in [-0.4, -0.2) is 50.2 Å². The van der Waals surface area contributed by atoms with Gasteiger partial charge in [-0.15, -0.1) is 0 Å². The van der Waals surface area contributed by atoms with Crippen molar-refractivity contribution < 1.29 is 24.9 Å². The van der Waals surface area contributed by atoms with E-state index in [-0.39, 0.29) is 18.8 Å². The molecule has 7 heteroatoms. The zero-order valence-electron chi connectivity index (χ0n) is 16.9. The van der Waals surface area contributed by atoms with Gasteiger partial charge in [0.2, 0.25) is 0 Å². The highest BCUT2D eigenvalue weighted by Gasteiger charge is 2.19. The standard InChI is InChI=1S/C20H34N2O5/c1-5-6-7-9-18(25)20-15(21-14(2)22(20)3)12-13-17(24)16(23)10-8-11-19(26)27-4/h12-13,16-18,23-25H,5-11H2,1-4H3/b13-12+. The van der Waals surface area contributed by atoms with Crippen molar-refractivity contribution in [2.75, 3.05) is 7.11 Å². The van der Waals surface area contributed by atoms with Crippen molar-refractivity contribution in [2.45, 2.75) is 77.1 Å². The molecule has 7 nitrogen and oxygen atoms in total. The minimum atomic E-state index is -1.07. The number of rotatable bonds is 12. The van der Waals surface area contributed by atoms with E-state index in [1.54, 1.807) is 6.08 Å². The summed E-state index contributed by atoms with van der Waals surface area (Å²) in [5.41, 5.74) is 1.31. The second-order valence-electron chi connectivity index (χ2n) is 6.89. The van der Waals surface area contributed by atoms with Crippen LogP contribution < -0.4 is 0 Å². The van der Waals surface area contributed by atoms with Gasteiger partial charge < -0.3 is 24.6 Å². The topological polar surface area (TPSA) is 105 Å². The molecule has 0 aliphatic heterocycles. The number of aryl methyl sites for hydroxylation is 1. The number of carbonyl (C=O) groups excluding carboxylic acids is 1. The molecule has 1 rings (SSSR count). The molecule has 0 radical (unpaired) electrons. The second kappa shape index (κ2) is 11.9. The monoisotopic (exact) mass is 382 g/mol. The molecule has 0 spiro atoms. The van der Waals surface area contributed by atoms with Gasteiger partial charge in [0.15, 0.2) is 0 Å². The Balaban J connectivity index is 2.73. The summed E-state index contributed by atoms with van der Waals surface area (Å²) >= 11 is 0. The van der Waals surface area contributed by atoms with E-state index >= 15 is 0 Å². The lowest BCUT2D eigenvalue weighted by atomic mass is 10.0. The zero-order valence-corrected chi connectivity index (χ0v) is 16.9. The highest BCUT2D eigenvalue weighted by atomic mass is 16.5. The zero-order chi connectivity index (χ0) is 20.4. The molecule has 1 aromatic rings. The Kier molecular flexibility index (Phi) is 10.3. The van der Waals surface area contributed by atoms with Gasteiger partial charge in [0.25, 0.3) is 0 Å². The van der Waals surface area contributed by atoms with Crippen LogP contribution in [0.1, 0.15) is 75.2 Å². The van der Waals surface area contributed by atoms with Gasteiger partial charge in [-0.25, -0.2) is 4.98 Å². The third kappa shape index (κ3) is 7.44. The lowest BCUT2D eigenvalue weighted by Crippen LogP contribution is -2.23. The van der Waals surface area contributed by atoms with E-state index in [1.165, 1.54) is 13.2 Å². The minimum Gasteiger partial charge on any atom is -0.469 e. The second-order valence-corrected chi connectivity index (χ2v) is 6.89. The van der Waals surface area contributed by atoms with Crippen LogP contribution in [0.15, 0.2) is 6.08 Å². The maximum atomic E-state index is 11.1. The largest absolute Gasteiger partial charge is 0.469 e. The van der Waals surface area contributed by atoms with Crippen LogP contribution in [0.5, 0.6) is 0 Å². The van der Waals surface area contributed by atoms with Gasteiger partial charge >= 0.3 is 5.97 Å². The molecule has 3 unspecified atom stereocenters. The Morgan fingerprint density at radius 1 is 1.22 bits per heavy atom. The number of hydrogen-bond donors (Lipinski definition) is 3. The van der Waals surface area contributed by atoms with Crippen LogP contribution in [0.4, 0.5) is 0 Å². The van der Waals surface area contributed by atoms with Crippen LogP contribution >= 0.6 is 0 Å². The Hall–Kier alpha value is -1.70. The number of methoxy groups -OCH3 is 1. The summed E-state index contributed by atoms with van der Waals surface area (Å²) in [4.78, 5) is 15.5. The molecule has 0 fully saturated rings. The van der Waals surface area contributed by atoms with Crippen LogP contribution in [0.25, 0.3) is 6.08 Å². The Morgan fingerprint density at radius 3 is 2.56 bits per heavy atom. The number of unbranched alkanes of at least 4 members (excludes halogenated alkanes) is 2. The van der Waals surface area contributed by atoms with E-state index in [9.17, 15) is 20.1 Å². The number of aliphatic hydroxyl groups is 3. The SMILES string of the molecule is CCCCCC(O)c1c(/C=C/C(O)C(O)CCCC(=O)OC)nc(C)n1C. The number of aromatic nitrogens is 2. The average Bonchev–Trinajstić information content (AvgIpc) is 2.93. The van der Waals surface area contributed by atoms with Gasteiger partial charge in [0, 0.05) is 13.5 Å². The summed E-state index contributed by atoms with van der Waals surface area (Å²) in [5.74, 6) is 0.435. The van der Waals surface area contributed by atoms with Gasteiger partial charge in [0.05, 0.1) is 36.8 Å². The van der Waals surface area contributed by atoms with Crippen molar-refractivity contribution in [3.05, 3.63) is 23.3 Å². The minimum absolute atomic E-state index is 0.206. The van der Waals surface area contributed by atoms with E-state index < -0.39 is 18.3 Å². The molecule has 154 valence electrons. The van der Waals surface area contributed by atoms with Crippen LogP contribution in [0, 0.1) is 6.92 Å². The quantitative estimate of drug-likeness (QED) is 0.379. The third-order valence-corrected chi connectivity index (χ3v) is 4.74. The molecule has 3 atom stereocenters. The number of esters is 1. The number of ether oxygens (including phenoxy) is 1. The lowest BCUT2D eigenvalue weighted by molar-refractivity contribution is -0.140. The number of hydrogen-bond acceptors (Lipinski definition) is 6. The van der Waals surface area contributed by atoms with Crippen LogP contribution in [-0.2, 0) is 16.6 Å². The average molecular weight is 383 g/mol. The molecule has 0 aliphatic rings. The van der Waals surface area contributed by atoms with Crippen molar-refractivity contribution >= 4 is 12.0 Å². The van der Waals surface area contributed by atoms with Gasteiger partial charge in [-0.2, -0.15) is 0 Å². The molecule has 0 saturated heterocycles. The Bertz CT molecular complexity index is 612. The first kappa shape index (κ1) is 23.3. The molecule has 1 aromatic heterocycles. The highest BCUT2D eigenvalue weighted by Crippen LogP contribution is 2.25. The van der Waals surface area contributed by atoms with E-state index in [1.807, 2.05) is 18.5 Å². The first-order valence-corrected chi connectivity index (χ1v) is 9.64. The van der Waals surface area contributed by atoms with Crippen molar-refractivity contribution in [3.8, 4) is 0 Å². The summed E-state index contributed by atoms with van der Waals surface area (Å²) in [5, 5.41) is 30.7. The van der Waals surface area contributed by atoms with Gasteiger partial charge in [-0.1, -0.05) is 32.3 Å². The van der Waals surface area contributed by atoms with E-state index in [0.29, 0.717) is 24.2 Å². The summed E-state index contributed by atoms with van der Waals surface area (Å²) in [6, 6.07) is 0. The predicted molar refractivity (Wildman–Crippen MR) is 104 cm³/mol. The van der Waals surface area contributed by atoms with E-state index in [2.05, 4.69) is 16.6 Å². The number of aliphatic hydroxyl groups excluding tert-OH is 3. The van der Waals surface area contributed by atoms with Gasteiger partial charge in [0.1, 0.15) is 5.82 Å². The van der Waals surface area contributed by atoms with E-state index in [0.717, 1.165) is 25.1 Å². The van der Waals surface area contributed by atoms with Crippen molar-refractivity contribution in [1.82, 2.24) is 9.55 Å². The van der Waals surface area contributed by atoms with Gasteiger partial charge in [-0.3, -0.25) is 4.79 Å². The third-order valence-electron chi connectivity index (χ3n) is 4.74. The first-order valence-electron chi connectivity index (χ1n) is 9.64. The normalized spacial score (nSPS) is 15.1. The van der Waals surface area contributed by atoms with E-state index in [4.69, 9.17) is 0 Å². The highest BCUT2D eigenvalue weighted by molar-refractivity contribution is 5.69. The molecule has 1 heterocycles. The molecule has 0 amide bonds. The summed E-state index contributed by atoms with van der Waals surface area (Å²) < 4.78 is 6.41. The van der Waals surface area contributed by atoms with Gasteiger partial charge in [-0.05, 0) is 32.3 Å². The molecule has 27 heavy (non-hydrogen) atoms. The van der Waals surface area contributed by atoms with Crippen molar-refractivity contribution in [1.29, 1.82) is 0 Å². The fourth-order valence-corrected chi connectivity index (χ4v) is 2.94. The molecule has 0 bridgehead atoms. The molecular weight excluding hydrogens is 348 g/mol. The number of carbonyl (C=O) groups is 1. The number of nitrogens with zero attached hydrogens (tertiary/aromatic N) is 2. The Morgan fingerprint density at radius 2 is 1.93 bits per heavy atom. The molecule has 0 saturated carbocycles. The predicted octanol–water partition coefficient (Wildman–Crippen LogP) is 2.42. The molecule has 0 aliphatic carbocycles. The van der Waals surface area contributed by atoms with Crippen LogP contribution in [0.3, 0.4) is 0 Å². The summed E-state index contributed by atoms with van der Waals surface area (Å²) in [6.07, 6.45) is 5.12. The van der Waals surface area contributed by atoms with Crippen molar-refractivity contribution in [2.24, 2.45) is 7.05 Å². The smallest absolute Gasteiger partial charge is 0.305 e. The first-order chi connectivity index (χ1) is 12.8. The lowest BCUT2D eigenvalue weighted by Gasteiger charge is -2.15.